The third kappa shape index (κ3) is 3.15. The van der Waals surface area contributed by atoms with Crippen LogP contribution in [0, 0.1) is 0 Å². The first kappa shape index (κ1) is 14.3. The van der Waals surface area contributed by atoms with E-state index in [2.05, 4.69) is 24.3 Å². The Morgan fingerprint density at radius 1 is 1.05 bits per heavy atom. The number of para-hydroxylation sites is 1. The molecule has 1 aromatic carbocycles. The monoisotopic (exact) mass is 291 g/mol. The molecule has 1 aliphatic heterocycles. The molecule has 2 fully saturated rings. The molecule has 2 aliphatic rings. The highest BCUT2D eigenvalue weighted by molar-refractivity contribution is 7.99. The van der Waals surface area contributed by atoms with E-state index >= 15 is 0 Å². The molecule has 110 valence electrons. The first-order chi connectivity index (χ1) is 9.78. The van der Waals surface area contributed by atoms with Crippen molar-refractivity contribution in [1.29, 1.82) is 0 Å². The van der Waals surface area contributed by atoms with Crippen molar-refractivity contribution in [2.75, 3.05) is 11.5 Å². The molecule has 0 aromatic heterocycles. The zero-order chi connectivity index (χ0) is 13.8. The van der Waals surface area contributed by atoms with Gasteiger partial charge in [-0.1, -0.05) is 37.5 Å². The fourth-order valence-corrected chi connectivity index (χ4v) is 4.47. The number of nitrogens with two attached hydrogens (primary N) is 1. The molecule has 2 nitrogen and oxygen atoms in total. The largest absolute Gasteiger partial charge is 0.490 e. The maximum absolute atomic E-state index is 6.70. The van der Waals surface area contributed by atoms with Crippen LogP contribution in [-0.4, -0.2) is 17.6 Å². The lowest BCUT2D eigenvalue weighted by Gasteiger charge is -2.36. The molecule has 1 aromatic rings. The first-order valence-electron chi connectivity index (χ1n) is 7.91. The van der Waals surface area contributed by atoms with Gasteiger partial charge in [0.15, 0.2) is 0 Å². The van der Waals surface area contributed by atoms with Crippen LogP contribution in [0.1, 0.15) is 50.5 Å². The van der Waals surface area contributed by atoms with Crippen molar-refractivity contribution in [3.05, 3.63) is 29.8 Å². The summed E-state index contributed by atoms with van der Waals surface area (Å²) < 4.78 is 6.31. The third-order valence-electron chi connectivity index (χ3n) is 4.63. The average Bonchev–Trinajstić information content (AvgIpc) is 2.49. The molecule has 0 radical (unpaired) electrons. The van der Waals surface area contributed by atoms with Gasteiger partial charge in [0.05, 0.1) is 0 Å². The van der Waals surface area contributed by atoms with Crippen molar-refractivity contribution in [1.82, 2.24) is 0 Å². The number of hydrogen-bond acceptors (Lipinski definition) is 3. The Hall–Kier alpha value is -0.670. The molecule has 0 bridgehead atoms. The van der Waals surface area contributed by atoms with Crippen molar-refractivity contribution < 1.29 is 4.74 Å². The lowest BCUT2D eigenvalue weighted by Crippen LogP contribution is -2.39. The summed E-state index contributed by atoms with van der Waals surface area (Å²) in [4.78, 5) is 0. The van der Waals surface area contributed by atoms with Crippen LogP contribution in [0.3, 0.4) is 0 Å². The molecule has 1 saturated heterocycles. The van der Waals surface area contributed by atoms with Crippen molar-refractivity contribution >= 4 is 11.8 Å². The summed E-state index contributed by atoms with van der Waals surface area (Å²) in [6.07, 6.45) is 8.69. The van der Waals surface area contributed by atoms with Gasteiger partial charge < -0.3 is 10.5 Å². The van der Waals surface area contributed by atoms with Gasteiger partial charge in [-0.15, -0.1) is 0 Å². The Balaban J connectivity index is 1.80. The van der Waals surface area contributed by atoms with Crippen LogP contribution in [0.2, 0.25) is 0 Å². The van der Waals surface area contributed by atoms with E-state index in [4.69, 9.17) is 10.5 Å². The summed E-state index contributed by atoms with van der Waals surface area (Å²) in [5.41, 5.74) is 7.77. The molecular weight excluding hydrogens is 266 g/mol. The van der Waals surface area contributed by atoms with E-state index in [1.165, 1.54) is 36.3 Å². The Labute approximate surface area is 126 Å². The van der Waals surface area contributed by atoms with Gasteiger partial charge in [0, 0.05) is 11.1 Å². The van der Waals surface area contributed by atoms with Crippen molar-refractivity contribution in [3.8, 4) is 5.75 Å². The lowest BCUT2D eigenvalue weighted by molar-refractivity contribution is 0.183. The average molecular weight is 291 g/mol. The van der Waals surface area contributed by atoms with Gasteiger partial charge in [-0.3, -0.25) is 0 Å². The Bertz CT molecular complexity index is 436. The summed E-state index contributed by atoms with van der Waals surface area (Å²) in [5.74, 6) is 3.48. The summed E-state index contributed by atoms with van der Waals surface area (Å²) >= 11 is 2.04. The summed E-state index contributed by atoms with van der Waals surface area (Å²) in [6, 6.07) is 8.46. The quantitative estimate of drug-likeness (QED) is 0.911. The molecule has 20 heavy (non-hydrogen) atoms. The molecule has 0 atom stereocenters. The summed E-state index contributed by atoms with van der Waals surface area (Å²) in [6.45, 7) is 0. The Morgan fingerprint density at radius 2 is 1.75 bits per heavy atom. The zero-order valence-corrected chi connectivity index (χ0v) is 13.0. The predicted octanol–water partition coefficient (Wildman–Crippen LogP) is 4.08. The maximum Gasteiger partial charge on any atom is 0.124 e. The Kier molecular flexibility index (Phi) is 4.57. The minimum atomic E-state index is -0.168. The second-order valence-electron chi connectivity index (χ2n) is 6.14. The van der Waals surface area contributed by atoms with Gasteiger partial charge in [0.25, 0.3) is 0 Å². The van der Waals surface area contributed by atoms with Gasteiger partial charge in [0.1, 0.15) is 11.9 Å². The van der Waals surface area contributed by atoms with E-state index in [0.717, 1.165) is 31.4 Å². The first-order valence-corrected chi connectivity index (χ1v) is 9.06. The molecule has 0 amide bonds. The SMILES string of the molecule is NC1(c2ccccc2OC2CCSCC2)CCCCC1. The zero-order valence-electron chi connectivity index (χ0n) is 12.1. The van der Waals surface area contributed by atoms with Gasteiger partial charge in [0.2, 0.25) is 0 Å². The smallest absolute Gasteiger partial charge is 0.124 e. The second kappa shape index (κ2) is 6.40. The topological polar surface area (TPSA) is 35.2 Å². The summed E-state index contributed by atoms with van der Waals surface area (Å²) in [7, 11) is 0. The molecule has 2 N–H and O–H groups in total. The number of benzene rings is 1. The van der Waals surface area contributed by atoms with E-state index in [1.807, 2.05) is 11.8 Å². The fraction of sp³-hybridized carbons (Fsp3) is 0.647. The molecule has 3 heteroatoms. The third-order valence-corrected chi connectivity index (χ3v) is 5.68. The van der Waals surface area contributed by atoms with Gasteiger partial charge in [-0.2, -0.15) is 11.8 Å². The standard InChI is InChI=1S/C17H25NOS/c18-17(10-4-1-5-11-17)15-6-2-3-7-16(15)19-14-8-12-20-13-9-14/h2-3,6-7,14H,1,4-5,8-13,18H2. The predicted molar refractivity (Wildman–Crippen MR) is 86.4 cm³/mol. The molecule has 0 spiro atoms. The van der Waals surface area contributed by atoms with Crippen LogP contribution in [0.15, 0.2) is 24.3 Å². The normalized spacial score (nSPS) is 23.4. The minimum absolute atomic E-state index is 0.168. The van der Waals surface area contributed by atoms with Crippen LogP contribution in [0.4, 0.5) is 0 Å². The Morgan fingerprint density at radius 3 is 2.50 bits per heavy atom. The summed E-state index contributed by atoms with van der Waals surface area (Å²) in [5, 5.41) is 0. The highest BCUT2D eigenvalue weighted by atomic mass is 32.2. The fourth-order valence-electron chi connectivity index (χ4n) is 3.41. The number of rotatable bonds is 3. The highest BCUT2D eigenvalue weighted by Crippen LogP contribution is 2.39. The lowest BCUT2D eigenvalue weighted by atomic mass is 9.77. The molecule has 1 saturated carbocycles. The van der Waals surface area contributed by atoms with Crippen LogP contribution in [0.5, 0.6) is 5.75 Å². The van der Waals surface area contributed by atoms with Crippen LogP contribution >= 0.6 is 11.8 Å². The van der Waals surface area contributed by atoms with Crippen LogP contribution < -0.4 is 10.5 Å². The van der Waals surface area contributed by atoms with Gasteiger partial charge >= 0.3 is 0 Å². The van der Waals surface area contributed by atoms with E-state index in [-0.39, 0.29) is 5.54 Å². The minimum Gasteiger partial charge on any atom is -0.490 e. The number of thioether (sulfide) groups is 1. The number of hydrogen-bond donors (Lipinski definition) is 1. The van der Waals surface area contributed by atoms with E-state index in [1.54, 1.807) is 0 Å². The molecule has 3 rings (SSSR count). The second-order valence-corrected chi connectivity index (χ2v) is 7.37. The molecule has 1 aliphatic carbocycles. The van der Waals surface area contributed by atoms with Crippen molar-refractivity contribution in [3.63, 3.8) is 0 Å². The van der Waals surface area contributed by atoms with E-state index in [9.17, 15) is 0 Å². The molecule has 0 unspecified atom stereocenters. The van der Waals surface area contributed by atoms with Crippen molar-refractivity contribution in [2.24, 2.45) is 5.73 Å². The van der Waals surface area contributed by atoms with Gasteiger partial charge in [-0.25, -0.2) is 0 Å². The van der Waals surface area contributed by atoms with Crippen molar-refractivity contribution in [2.45, 2.75) is 56.6 Å². The van der Waals surface area contributed by atoms with Crippen LogP contribution in [-0.2, 0) is 5.54 Å². The molecule has 1 heterocycles. The van der Waals surface area contributed by atoms with E-state index in [0.29, 0.717) is 6.10 Å². The van der Waals surface area contributed by atoms with Crippen LogP contribution in [0.25, 0.3) is 0 Å². The van der Waals surface area contributed by atoms with Gasteiger partial charge in [-0.05, 0) is 43.3 Å². The molecular formula is C17H25NOS. The van der Waals surface area contributed by atoms with E-state index < -0.39 is 0 Å². The maximum atomic E-state index is 6.70. The number of ether oxygens (including phenoxy) is 1. The highest BCUT2D eigenvalue weighted by Gasteiger charge is 2.32.